The first-order chi connectivity index (χ1) is 37.4. The zero-order valence-electron chi connectivity index (χ0n) is 45.5. The Bertz CT molecular complexity index is 2710. The van der Waals surface area contributed by atoms with Crippen molar-refractivity contribution in [1.82, 2.24) is 0 Å². The van der Waals surface area contributed by atoms with E-state index in [-0.39, 0.29) is 53.5 Å². The maximum Gasteiger partial charge on any atom is 0.261 e. The third-order valence-corrected chi connectivity index (χ3v) is 22.7. The molecule has 0 bridgehead atoms. The first-order valence-corrected chi connectivity index (χ1v) is 31.1. The molecule has 0 spiro atoms. The molecule has 0 radical (unpaired) electrons. The van der Waals surface area contributed by atoms with Gasteiger partial charge < -0.3 is 42.3 Å². The SMILES string of the molecule is Cc1ccc(S(=O)C[C@]2(C)O[C@H]3C[C@@H](OCc4ccccc4)[C@H](CCOCc4ccccc4)O[C@@H]3C[C@@H]2O[C@@H]2C[C@@H]3OC(Cc4ccccc4)OC[C@H]3O[C@H]2CCO[Si](c2ccccc2)(c2ccccc2)C(C)(C)C)cc1. The molecule has 6 aromatic rings. The zero-order chi connectivity index (χ0) is 53.2. The lowest BCUT2D eigenvalue weighted by atomic mass is 9.84. The van der Waals surface area contributed by atoms with Crippen LogP contribution in [0.1, 0.15) is 82.1 Å². The van der Waals surface area contributed by atoms with Gasteiger partial charge in [-0.1, -0.05) is 190 Å². The van der Waals surface area contributed by atoms with Gasteiger partial charge in [-0.05, 0) is 70.9 Å². The number of ether oxygens (including phenoxy) is 8. The van der Waals surface area contributed by atoms with Crippen molar-refractivity contribution >= 4 is 29.5 Å². The molecule has 10 nitrogen and oxygen atoms in total. The van der Waals surface area contributed by atoms with Crippen molar-refractivity contribution < 1.29 is 46.5 Å². The van der Waals surface area contributed by atoms with Gasteiger partial charge in [-0.15, -0.1) is 0 Å². The van der Waals surface area contributed by atoms with Crippen molar-refractivity contribution in [3.8, 4) is 0 Å². The highest BCUT2D eigenvalue weighted by Crippen LogP contribution is 2.44. The van der Waals surface area contributed by atoms with E-state index in [4.69, 9.17) is 42.3 Å². The minimum atomic E-state index is -2.88. The van der Waals surface area contributed by atoms with Crippen LogP contribution in [0.2, 0.25) is 5.04 Å². The van der Waals surface area contributed by atoms with Crippen LogP contribution in [-0.2, 0) is 72.8 Å². The smallest absolute Gasteiger partial charge is 0.261 e. The molecule has 12 heteroatoms. The van der Waals surface area contributed by atoms with E-state index < -0.39 is 43.2 Å². The number of benzene rings is 6. The van der Waals surface area contributed by atoms with Crippen LogP contribution in [0, 0.1) is 6.92 Å². The van der Waals surface area contributed by atoms with Gasteiger partial charge >= 0.3 is 0 Å². The number of fused-ring (bicyclic) bond motifs is 2. The zero-order valence-corrected chi connectivity index (χ0v) is 47.3. The van der Waals surface area contributed by atoms with Crippen LogP contribution in [0.5, 0.6) is 0 Å². The van der Waals surface area contributed by atoms with Crippen LogP contribution in [0.25, 0.3) is 0 Å². The summed E-state index contributed by atoms with van der Waals surface area (Å²) in [5, 5.41) is 2.25. The van der Waals surface area contributed by atoms with Crippen LogP contribution >= 0.6 is 0 Å². The molecule has 6 aromatic carbocycles. The van der Waals surface area contributed by atoms with Gasteiger partial charge in [-0.3, -0.25) is 4.21 Å². The van der Waals surface area contributed by atoms with Crippen LogP contribution in [0.3, 0.4) is 0 Å². The molecular weight excluding hydrogens is 1000 g/mol. The molecule has 77 heavy (non-hydrogen) atoms. The molecule has 4 fully saturated rings. The fourth-order valence-corrected chi connectivity index (χ4v) is 17.9. The van der Waals surface area contributed by atoms with Crippen molar-refractivity contribution in [1.29, 1.82) is 0 Å². The Hall–Kier alpha value is -4.67. The first kappa shape index (κ1) is 55.6. The molecule has 2 unspecified atom stereocenters. The van der Waals surface area contributed by atoms with E-state index >= 15 is 0 Å². The number of rotatable bonds is 21. The Balaban J connectivity index is 0.940. The fraction of sp³-hybridized carbons (Fsp3) is 0.446. The topological polar surface area (TPSA) is 100 Å². The van der Waals surface area contributed by atoms with Gasteiger partial charge in [0.25, 0.3) is 8.32 Å². The Labute approximate surface area is 460 Å². The predicted octanol–water partition coefficient (Wildman–Crippen LogP) is 10.9. The summed E-state index contributed by atoms with van der Waals surface area (Å²) in [5.74, 6) is 0.223. The molecule has 4 heterocycles. The number of hydrogen-bond acceptors (Lipinski definition) is 10. The average molecular weight is 1080 g/mol. The van der Waals surface area contributed by atoms with E-state index in [1.54, 1.807) is 0 Å². The van der Waals surface area contributed by atoms with Gasteiger partial charge in [0.15, 0.2) is 6.29 Å². The monoisotopic (exact) mass is 1080 g/mol. The molecule has 0 N–H and O–H groups in total. The highest BCUT2D eigenvalue weighted by molar-refractivity contribution is 7.85. The van der Waals surface area contributed by atoms with E-state index in [1.165, 1.54) is 10.4 Å². The summed E-state index contributed by atoms with van der Waals surface area (Å²) in [6.07, 6.45) is 0.0140. The van der Waals surface area contributed by atoms with Gasteiger partial charge in [0.05, 0.1) is 85.2 Å². The van der Waals surface area contributed by atoms with Gasteiger partial charge in [0.1, 0.15) is 11.7 Å². The highest BCUT2D eigenvalue weighted by Gasteiger charge is 2.55. The van der Waals surface area contributed by atoms with Gasteiger partial charge in [-0.25, -0.2) is 0 Å². The molecule has 408 valence electrons. The Morgan fingerprint density at radius 2 is 1.13 bits per heavy atom. The third-order valence-electron chi connectivity index (χ3n) is 16.0. The van der Waals surface area contributed by atoms with Gasteiger partial charge in [0.2, 0.25) is 0 Å². The lowest BCUT2D eigenvalue weighted by molar-refractivity contribution is -0.322. The first-order valence-electron chi connectivity index (χ1n) is 27.8. The summed E-state index contributed by atoms with van der Waals surface area (Å²) in [6.45, 7) is 13.4. The molecule has 4 aliphatic rings. The summed E-state index contributed by atoms with van der Waals surface area (Å²) >= 11 is 0. The molecule has 10 rings (SSSR count). The summed E-state index contributed by atoms with van der Waals surface area (Å²) in [5.41, 5.74) is 3.48. The van der Waals surface area contributed by atoms with Gasteiger partial charge in [-0.2, -0.15) is 0 Å². The second-order valence-corrected chi connectivity index (χ2v) is 28.4. The van der Waals surface area contributed by atoms with Crippen molar-refractivity contribution in [2.24, 2.45) is 0 Å². The van der Waals surface area contributed by atoms with E-state index in [0.29, 0.717) is 71.6 Å². The van der Waals surface area contributed by atoms with Crippen molar-refractivity contribution in [2.75, 3.05) is 25.6 Å². The maximum atomic E-state index is 14.7. The quantitative estimate of drug-likeness (QED) is 0.0512. The Morgan fingerprint density at radius 1 is 0.597 bits per heavy atom. The van der Waals surface area contributed by atoms with Gasteiger partial charge in [0, 0.05) is 43.8 Å². The molecule has 4 saturated heterocycles. The minimum absolute atomic E-state index is 0.203. The summed E-state index contributed by atoms with van der Waals surface area (Å²) in [4.78, 5) is 0.753. The summed E-state index contributed by atoms with van der Waals surface area (Å²) in [6, 6.07) is 60.3. The lowest BCUT2D eigenvalue weighted by Gasteiger charge is -2.53. The molecule has 4 aliphatic heterocycles. The van der Waals surface area contributed by atoms with Crippen LogP contribution in [0.4, 0.5) is 0 Å². The minimum Gasteiger partial charge on any atom is -0.407 e. The molecule has 0 aliphatic carbocycles. The fourth-order valence-electron chi connectivity index (χ4n) is 11.9. The summed E-state index contributed by atoms with van der Waals surface area (Å²) in [7, 11) is -4.29. The molecule has 0 aromatic heterocycles. The third kappa shape index (κ3) is 13.7. The molecular formula is C65H78O10SSi. The molecule has 12 atom stereocenters. The van der Waals surface area contributed by atoms with Crippen molar-refractivity contribution in [3.05, 3.63) is 198 Å². The second kappa shape index (κ2) is 25.6. The van der Waals surface area contributed by atoms with E-state index in [9.17, 15) is 4.21 Å². The second-order valence-electron chi connectivity index (χ2n) is 22.7. The number of aryl methyl sites for hydroxylation is 1. The largest absolute Gasteiger partial charge is 0.407 e. The Kier molecular flexibility index (Phi) is 18.5. The molecule has 0 saturated carbocycles. The Morgan fingerprint density at radius 3 is 1.75 bits per heavy atom. The van der Waals surface area contributed by atoms with Crippen LogP contribution in [0.15, 0.2) is 181 Å². The molecule has 0 amide bonds. The van der Waals surface area contributed by atoms with E-state index in [1.807, 2.05) is 85.8 Å². The van der Waals surface area contributed by atoms with E-state index in [0.717, 1.165) is 27.1 Å². The number of hydrogen-bond donors (Lipinski definition) is 0. The highest BCUT2D eigenvalue weighted by atomic mass is 32.2. The lowest BCUT2D eigenvalue weighted by Crippen LogP contribution is -2.67. The standard InChI is InChI=1S/C65H78O10SSi/c1-47-31-33-51(34-32-47)76(66)46-65(5)62(42-59-60(75-65)40-56(68-44-50-25-15-8-16-26-50)54(71-59)35-37-67-43-49-23-13-7-14-24-49)73-57-41-58-61(45-69-63(74-58)39-48-21-11-6-12-22-48)72-55(57)36-38-70-77(64(2,3)4,52-27-17-9-18-28-52)53-29-19-10-20-30-53/h6-34,54-63H,35-46H2,1-5H3/t54-,55-,56+,57+,58-,59+,60-,61+,62-,63?,65-,76?/m0/s1. The van der Waals surface area contributed by atoms with Crippen LogP contribution < -0.4 is 10.4 Å². The maximum absolute atomic E-state index is 14.7. The van der Waals surface area contributed by atoms with Crippen molar-refractivity contribution in [2.45, 2.75) is 163 Å². The predicted molar refractivity (Wildman–Crippen MR) is 304 cm³/mol. The normalized spacial score (nSPS) is 28.0. The van der Waals surface area contributed by atoms with E-state index in [2.05, 4.69) is 125 Å². The van der Waals surface area contributed by atoms with Crippen molar-refractivity contribution in [3.63, 3.8) is 0 Å². The average Bonchev–Trinajstić information content (AvgIpc) is 3.47. The summed E-state index contributed by atoms with van der Waals surface area (Å²) < 4.78 is 77.8. The van der Waals surface area contributed by atoms with Crippen LogP contribution in [-0.4, -0.2) is 105 Å².